The molecule has 1 N–H and O–H groups in total. The predicted octanol–water partition coefficient (Wildman–Crippen LogP) is 1.95. The molecule has 0 unspecified atom stereocenters. The Kier molecular flexibility index (Phi) is 2.83. The molecule has 5 heteroatoms. The van der Waals surface area contributed by atoms with E-state index in [1.54, 1.807) is 6.07 Å². The van der Waals surface area contributed by atoms with E-state index in [4.69, 9.17) is 16.7 Å². The zero-order valence-corrected chi connectivity index (χ0v) is 8.04. The Morgan fingerprint density at radius 2 is 2.15 bits per heavy atom. The Balaban J connectivity index is 3.19. The molecule has 0 aliphatic heterocycles. The number of carbonyl (C=O) groups is 1. The van der Waals surface area contributed by atoms with Gasteiger partial charge in [0.25, 0.3) is 0 Å². The molecule has 0 spiro atoms. The van der Waals surface area contributed by atoms with Crippen LogP contribution < -0.4 is 0 Å². The van der Waals surface area contributed by atoms with Gasteiger partial charge in [-0.2, -0.15) is 0 Å². The molecule has 70 valence electrons. The van der Waals surface area contributed by atoms with Crippen molar-refractivity contribution in [3.05, 3.63) is 22.7 Å². The van der Waals surface area contributed by atoms with Gasteiger partial charge in [-0.25, -0.2) is 14.8 Å². The van der Waals surface area contributed by atoms with E-state index in [0.29, 0.717) is 5.69 Å². The fourth-order valence-electron chi connectivity index (χ4n) is 0.826. The molecule has 1 aromatic heterocycles. The maximum absolute atomic E-state index is 10.5. The number of carboxylic acid groups (broad SMARTS) is 1. The summed E-state index contributed by atoms with van der Waals surface area (Å²) in [6, 6.07) is 1.57. The van der Waals surface area contributed by atoms with Gasteiger partial charge in [0.05, 0.1) is 0 Å². The molecule has 1 aromatic rings. The van der Waals surface area contributed by atoms with Crippen molar-refractivity contribution in [1.29, 1.82) is 0 Å². The number of rotatable bonds is 2. The van der Waals surface area contributed by atoms with Gasteiger partial charge in [0.15, 0.2) is 0 Å². The standard InChI is InChI=1S/C8H9ClN2O2/c1-4(2)5-3-6(9)11-7(10-5)8(12)13/h3-4H,1-2H3,(H,12,13). The summed E-state index contributed by atoms with van der Waals surface area (Å²) in [4.78, 5) is 18.0. The molecule has 0 bridgehead atoms. The molecular weight excluding hydrogens is 192 g/mol. The molecule has 0 saturated carbocycles. The molecule has 1 rings (SSSR count). The Morgan fingerprint density at radius 3 is 2.62 bits per heavy atom. The minimum Gasteiger partial charge on any atom is -0.475 e. The van der Waals surface area contributed by atoms with Crippen molar-refractivity contribution < 1.29 is 9.90 Å². The van der Waals surface area contributed by atoms with Gasteiger partial charge in [-0.3, -0.25) is 0 Å². The van der Waals surface area contributed by atoms with Gasteiger partial charge in [-0.15, -0.1) is 0 Å². The first-order chi connectivity index (χ1) is 6.00. The van der Waals surface area contributed by atoms with E-state index in [1.807, 2.05) is 13.8 Å². The summed E-state index contributed by atoms with van der Waals surface area (Å²) in [5, 5.41) is 8.79. The molecule has 0 amide bonds. The molecule has 0 radical (unpaired) electrons. The van der Waals surface area contributed by atoms with E-state index >= 15 is 0 Å². The van der Waals surface area contributed by atoms with E-state index in [2.05, 4.69) is 9.97 Å². The van der Waals surface area contributed by atoms with Gasteiger partial charge >= 0.3 is 5.97 Å². The van der Waals surface area contributed by atoms with Crippen molar-refractivity contribution in [3.8, 4) is 0 Å². The van der Waals surface area contributed by atoms with Crippen LogP contribution in [0.5, 0.6) is 0 Å². The van der Waals surface area contributed by atoms with Crippen molar-refractivity contribution in [2.45, 2.75) is 19.8 Å². The van der Waals surface area contributed by atoms with Crippen LogP contribution in [0.3, 0.4) is 0 Å². The average molecular weight is 201 g/mol. The first-order valence-corrected chi connectivity index (χ1v) is 4.16. The van der Waals surface area contributed by atoms with Crippen molar-refractivity contribution in [1.82, 2.24) is 9.97 Å². The third-order valence-electron chi connectivity index (χ3n) is 1.50. The first kappa shape index (κ1) is 9.92. The normalized spacial score (nSPS) is 10.5. The number of hydrogen-bond acceptors (Lipinski definition) is 3. The zero-order chi connectivity index (χ0) is 10.0. The van der Waals surface area contributed by atoms with Gasteiger partial charge < -0.3 is 5.11 Å². The molecule has 13 heavy (non-hydrogen) atoms. The highest BCUT2D eigenvalue weighted by Gasteiger charge is 2.11. The van der Waals surface area contributed by atoms with E-state index in [0.717, 1.165) is 0 Å². The molecule has 0 aliphatic rings. The van der Waals surface area contributed by atoms with E-state index in [9.17, 15) is 4.79 Å². The van der Waals surface area contributed by atoms with Crippen molar-refractivity contribution in [3.63, 3.8) is 0 Å². The van der Waals surface area contributed by atoms with Crippen LogP contribution in [0.25, 0.3) is 0 Å². The van der Waals surface area contributed by atoms with Gasteiger partial charge in [-0.05, 0) is 12.0 Å². The summed E-state index contributed by atoms with van der Waals surface area (Å²) in [7, 11) is 0. The van der Waals surface area contributed by atoms with Gasteiger partial charge in [0, 0.05) is 5.69 Å². The van der Waals surface area contributed by atoms with Crippen molar-refractivity contribution in [2.24, 2.45) is 0 Å². The van der Waals surface area contributed by atoms with Gasteiger partial charge in [0.2, 0.25) is 5.82 Å². The van der Waals surface area contributed by atoms with E-state index in [1.165, 1.54) is 0 Å². The second kappa shape index (κ2) is 3.70. The summed E-state index contributed by atoms with van der Waals surface area (Å²) in [5.41, 5.74) is 0.636. The zero-order valence-electron chi connectivity index (χ0n) is 7.28. The highest BCUT2D eigenvalue weighted by atomic mass is 35.5. The van der Waals surface area contributed by atoms with Crippen molar-refractivity contribution >= 4 is 17.6 Å². The lowest BCUT2D eigenvalue weighted by molar-refractivity contribution is 0.0683. The van der Waals surface area contributed by atoms with E-state index in [-0.39, 0.29) is 16.9 Å². The molecule has 4 nitrogen and oxygen atoms in total. The summed E-state index contributed by atoms with van der Waals surface area (Å²) < 4.78 is 0. The fourth-order valence-corrected chi connectivity index (χ4v) is 1.02. The van der Waals surface area contributed by atoms with Crippen LogP contribution in [0.2, 0.25) is 5.15 Å². The van der Waals surface area contributed by atoms with Crippen molar-refractivity contribution in [2.75, 3.05) is 0 Å². The summed E-state index contributed by atoms with van der Waals surface area (Å²) in [5.74, 6) is -1.28. The highest BCUT2D eigenvalue weighted by molar-refractivity contribution is 6.29. The lowest BCUT2D eigenvalue weighted by atomic mass is 10.1. The largest absolute Gasteiger partial charge is 0.475 e. The number of nitrogens with zero attached hydrogens (tertiary/aromatic N) is 2. The van der Waals surface area contributed by atoms with Crippen LogP contribution in [0.15, 0.2) is 6.07 Å². The van der Waals surface area contributed by atoms with Gasteiger partial charge in [-0.1, -0.05) is 25.4 Å². The predicted molar refractivity (Wildman–Crippen MR) is 48.1 cm³/mol. The second-order valence-electron chi connectivity index (χ2n) is 2.90. The molecular formula is C8H9ClN2O2. The second-order valence-corrected chi connectivity index (χ2v) is 3.29. The lowest BCUT2D eigenvalue weighted by Gasteiger charge is -2.04. The molecule has 0 aromatic carbocycles. The Morgan fingerprint density at radius 1 is 1.54 bits per heavy atom. The molecule has 0 fully saturated rings. The van der Waals surface area contributed by atoms with Crippen LogP contribution in [0.1, 0.15) is 36.1 Å². The first-order valence-electron chi connectivity index (χ1n) is 3.78. The minimum atomic E-state index is -1.16. The molecule has 0 aliphatic carbocycles. The number of hydrogen-bond donors (Lipinski definition) is 1. The molecule has 1 heterocycles. The smallest absolute Gasteiger partial charge is 0.373 e. The van der Waals surface area contributed by atoms with E-state index < -0.39 is 5.97 Å². The maximum atomic E-state index is 10.5. The third kappa shape index (κ3) is 2.39. The van der Waals surface area contributed by atoms with Crippen LogP contribution >= 0.6 is 11.6 Å². The molecule has 0 saturated heterocycles. The summed E-state index contributed by atoms with van der Waals surface area (Å²) in [6.07, 6.45) is 0. The number of aromatic nitrogens is 2. The van der Waals surface area contributed by atoms with Gasteiger partial charge in [0.1, 0.15) is 5.15 Å². The summed E-state index contributed by atoms with van der Waals surface area (Å²) in [6.45, 7) is 3.81. The van der Waals surface area contributed by atoms with Crippen LogP contribution in [-0.2, 0) is 0 Å². The number of carboxylic acids is 1. The SMILES string of the molecule is CC(C)c1cc(Cl)nc(C(=O)O)n1. The van der Waals surface area contributed by atoms with Crippen LogP contribution in [-0.4, -0.2) is 21.0 Å². The number of halogens is 1. The Hall–Kier alpha value is -1.16. The monoisotopic (exact) mass is 200 g/mol. The quantitative estimate of drug-likeness (QED) is 0.742. The highest BCUT2D eigenvalue weighted by Crippen LogP contribution is 2.15. The lowest BCUT2D eigenvalue weighted by Crippen LogP contribution is -2.07. The Bertz CT molecular complexity index is 339. The number of aromatic carboxylic acids is 1. The summed E-state index contributed by atoms with van der Waals surface area (Å²) >= 11 is 5.62. The maximum Gasteiger partial charge on any atom is 0.373 e. The topological polar surface area (TPSA) is 63.1 Å². The Labute approximate surface area is 80.6 Å². The average Bonchev–Trinajstić information content (AvgIpc) is 2.03. The minimum absolute atomic E-state index is 0.138. The van der Waals surface area contributed by atoms with Crippen LogP contribution in [0, 0.1) is 0 Å². The fraction of sp³-hybridized carbons (Fsp3) is 0.375. The third-order valence-corrected chi connectivity index (χ3v) is 1.69. The van der Waals surface area contributed by atoms with Crippen LogP contribution in [0.4, 0.5) is 0 Å². The molecule has 0 atom stereocenters.